The van der Waals surface area contributed by atoms with Gasteiger partial charge in [0.2, 0.25) is 0 Å². The van der Waals surface area contributed by atoms with Crippen molar-refractivity contribution in [1.82, 2.24) is 15.2 Å². The molecule has 2 aromatic carbocycles. The fourth-order valence-electron chi connectivity index (χ4n) is 4.72. The topological polar surface area (TPSA) is 104 Å². The summed E-state index contributed by atoms with van der Waals surface area (Å²) in [6, 6.07) is 14.2. The molecule has 3 N–H and O–H groups in total. The van der Waals surface area contributed by atoms with E-state index in [9.17, 15) is 13.2 Å². The number of morpholine rings is 1. The van der Waals surface area contributed by atoms with Gasteiger partial charge in [0.1, 0.15) is 5.69 Å². The highest BCUT2D eigenvalue weighted by Crippen LogP contribution is 2.36. The number of amides is 1. The standard InChI is InChI=1S/C29H34N4O4S2/c1-29(2,3)21-4-7-23(8-5-21)39(35,36)32-22-6-9-25-24(18-22)26(20-10-17-38-19-20)27(31-25)28(34)30-11-12-33-13-15-37-16-14-33/h4-10,17-19,31-32H,11-16H2,1-3H3,(H,30,34). The maximum atomic E-state index is 13.3. The lowest BCUT2D eigenvalue weighted by molar-refractivity contribution is 0.0383. The molecule has 1 aliphatic heterocycles. The van der Waals surface area contributed by atoms with Crippen molar-refractivity contribution in [1.29, 1.82) is 0 Å². The fourth-order valence-corrected chi connectivity index (χ4v) is 6.42. The second kappa shape index (κ2) is 11.1. The average Bonchev–Trinajstić information content (AvgIpc) is 3.56. The molecule has 39 heavy (non-hydrogen) atoms. The van der Waals surface area contributed by atoms with Gasteiger partial charge in [0.15, 0.2) is 0 Å². The van der Waals surface area contributed by atoms with E-state index < -0.39 is 10.0 Å². The highest BCUT2D eigenvalue weighted by atomic mass is 32.2. The van der Waals surface area contributed by atoms with E-state index in [-0.39, 0.29) is 16.2 Å². The van der Waals surface area contributed by atoms with Gasteiger partial charge in [-0.3, -0.25) is 14.4 Å². The number of hydrogen-bond donors (Lipinski definition) is 3. The normalized spacial score (nSPS) is 14.9. The predicted molar refractivity (Wildman–Crippen MR) is 157 cm³/mol. The Morgan fingerprint density at radius 2 is 1.82 bits per heavy atom. The van der Waals surface area contributed by atoms with Gasteiger partial charge in [-0.15, -0.1) is 0 Å². The van der Waals surface area contributed by atoms with Crippen molar-refractivity contribution >= 4 is 43.9 Å². The lowest BCUT2D eigenvalue weighted by Crippen LogP contribution is -2.41. The summed E-state index contributed by atoms with van der Waals surface area (Å²) in [5.41, 5.74) is 4.30. The van der Waals surface area contributed by atoms with Gasteiger partial charge in [-0.2, -0.15) is 11.3 Å². The number of carbonyl (C=O) groups excluding carboxylic acids is 1. The number of ether oxygens (including phenoxy) is 1. The van der Waals surface area contributed by atoms with Gasteiger partial charge in [-0.1, -0.05) is 32.9 Å². The van der Waals surface area contributed by atoms with E-state index in [2.05, 4.69) is 40.7 Å². The number of aromatic amines is 1. The van der Waals surface area contributed by atoms with E-state index in [1.165, 1.54) is 0 Å². The zero-order valence-electron chi connectivity index (χ0n) is 22.4. The minimum atomic E-state index is -3.79. The van der Waals surface area contributed by atoms with E-state index in [0.717, 1.165) is 47.2 Å². The SMILES string of the molecule is CC(C)(C)c1ccc(S(=O)(=O)Nc2ccc3[nH]c(C(=O)NCCN4CCOCC4)c(-c4ccsc4)c3c2)cc1. The predicted octanol–water partition coefficient (Wildman–Crippen LogP) is 5.06. The van der Waals surface area contributed by atoms with Crippen molar-refractivity contribution in [2.45, 2.75) is 31.1 Å². The van der Waals surface area contributed by atoms with Crippen LogP contribution in [-0.2, 0) is 20.2 Å². The molecule has 10 heteroatoms. The van der Waals surface area contributed by atoms with Crippen molar-refractivity contribution < 1.29 is 17.9 Å². The molecule has 0 bridgehead atoms. The number of nitrogens with one attached hydrogen (secondary N) is 3. The molecule has 4 aromatic rings. The first-order valence-electron chi connectivity index (χ1n) is 13.0. The Labute approximate surface area is 233 Å². The highest BCUT2D eigenvalue weighted by Gasteiger charge is 2.22. The van der Waals surface area contributed by atoms with Crippen LogP contribution < -0.4 is 10.0 Å². The molecule has 3 heterocycles. The van der Waals surface area contributed by atoms with E-state index >= 15 is 0 Å². The minimum absolute atomic E-state index is 0.0698. The van der Waals surface area contributed by atoms with E-state index in [1.54, 1.807) is 41.7 Å². The van der Waals surface area contributed by atoms with Gasteiger partial charge in [0, 0.05) is 48.3 Å². The van der Waals surface area contributed by atoms with Crippen molar-refractivity contribution in [3.8, 4) is 11.1 Å². The number of rotatable bonds is 8. The van der Waals surface area contributed by atoms with Crippen LogP contribution in [-0.4, -0.2) is 63.6 Å². The quantitative estimate of drug-likeness (QED) is 0.277. The monoisotopic (exact) mass is 566 g/mol. The molecule has 1 fully saturated rings. The highest BCUT2D eigenvalue weighted by molar-refractivity contribution is 7.92. The zero-order valence-corrected chi connectivity index (χ0v) is 24.0. The summed E-state index contributed by atoms with van der Waals surface area (Å²) >= 11 is 1.54. The van der Waals surface area contributed by atoms with Crippen LogP contribution in [0.1, 0.15) is 36.8 Å². The number of thiophene rings is 1. The fraction of sp³-hybridized carbons (Fsp3) is 0.345. The average molecular weight is 567 g/mol. The van der Waals surface area contributed by atoms with Crippen molar-refractivity contribution in [3.63, 3.8) is 0 Å². The van der Waals surface area contributed by atoms with Crippen molar-refractivity contribution in [2.24, 2.45) is 0 Å². The van der Waals surface area contributed by atoms with Crippen molar-refractivity contribution in [2.75, 3.05) is 44.1 Å². The van der Waals surface area contributed by atoms with Crippen LogP contribution in [0.25, 0.3) is 22.0 Å². The molecule has 5 rings (SSSR count). The van der Waals surface area contributed by atoms with Crippen LogP contribution >= 0.6 is 11.3 Å². The van der Waals surface area contributed by atoms with Gasteiger partial charge in [-0.05, 0) is 63.7 Å². The van der Waals surface area contributed by atoms with Gasteiger partial charge in [0.25, 0.3) is 15.9 Å². The Morgan fingerprint density at radius 3 is 2.49 bits per heavy atom. The second-order valence-electron chi connectivity index (χ2n) is 10.7. The Kier molecular flexibility index (Phi) is 7.82. The number of H-pyrrole nitrogens is 1. The van der Waals surface area contributed by atoms with Crippen molar-refractivity contribution in [3.05, 3.63) is 70.5 Å². The molecular formula is C29H34N4O4S2. The van der Waals surface area contributed by atoms with E-state index in [0.29, 0.717) is 31.1 Å². The molecule has 0 radical (unpaired) electrons. The molecule has 2 aromatic heterocycles. The number of sulfonamides is 1. The summed E-state index contributed by atoms with van der Waals surface area (Å²) in [7, 11) is -3.79. The molecule has 0 unspecified atom stereocenters. The maximum absolute atomic E-state index is 13.3. The van der Waals surface area contributed by atoms with Gasteiger partial charge in [-0.25, -0.2) is 8.42 Å². The van der Waals surface area contributed by atoms with Gasteiger partial charge >= 0.3 is 0 Å². The van der Waals surface area contributed by atoms with E-state index in [1.807, 2.05) is 29.0 Å². The number of aromatic nitrogens is 1. The molecule has 0 atom stereocenters. The maximum Gasteiger partial charge on any atom is 0.268 e. The summed E-state index contributed by atoms with van der Waals surface area (Å²) in [6.07, 6.45) is 0. The summed E-state index contributed by atoms with van der Waals surface area (Å²) in [5, 5.41) is 7.76. The molecule has 1 aliphatic rings. The van der Waals surface area contributed by atoms with Crippen LogP contribution in [0, 0.1) is 0 Å². The van der Waals surface area contributed by atoms with Crippen LogP contribution in [0.5, 0.6) is 0 Å². The number of benzene rings is 2. The van der Waals surface area contributed by atoms with Crippen LogP contribution in [0.2, 0.25) is 0 Å². The first-order valence-corrected chi connectivity index (χ1v) is 15.4. The van der Waals surface area contributed by atoms with Crippen LogP contribution in [0.15, 0.2) is 64.2 Å². The number of fused-ring (bicyclic) bond motifs is 1. The Bertz CT molecular complexity index is 1550. The molecule has 1 amide bonds. The summed E-state index contributed by atoms with van der Waals surface area (Å²) < 4.78 is 34.5. The lowest BCUT2D eigenvalue weighted by atomic mass is 9.87. The molecule has 8 nitrogen and oxygen atoms in total. The number of anilines is 1. The molecular weight excluding hydrogens is 532 g/mol. The largest absolute Gasteiger partial charge is 0.379 e. The lowest BCUT2D eigenvalue weighted by Gasteiger charge is -2.26. The molecule has 1 saturated heterocycles. The number of nitrogens with zero attached hydrogens (tertiary/aromatic N) is 1. The third-order valence-corrected chi connectivity index (χ3v) is 9.02. The van der Waals surface area contributed by atoms with Gasteiger partial charge < -0.3 is 15.0 Å². The summed E-state index contributed by atoms with van der Waals surface area (Å²) in [6.45, 7) is 10.7. The van der Waals surface area contributed by atoms with Gasteiger partial charge in [0.05, 0.1) is 18.1 Å². The first-order chi connectivity index (χ1) is 18.6. The van der Waals surface area contributed by atoms with Crippen LogP contribution in [0.3, 0.4) is 0 Å². The van der Waals surface area contributed by atoms with Crippen LogP contribution in [0.4, 0.5) is 5.69 Å². The summed E-state index contributed by atoms with van der Waals surface area (Å²) in [4.78, 5) is 19.0. The zero-order chi connectivity index (χ0) is 27.6. The summed E-state index contributed by atoms with van der Waals surface area (Å²) in [5.74, 6) is -0.193. The third-order valence-electron chi connectivity index (χ3n) is 6.94. The minimum Gasteiger partial charge on any atom is -0.379 e. The Hall–Kier alpha value is -3.18. The Balaban J connectivity index is 1.40. The third kappa shape index (κ3) is 6.19. The molecule has 0 aliphatic carbocycles. The molecule has 0 spiro atoms. The number of hydrogen-bond acceptors (Lipinski definition) is 6. The molecule has 0 saturated carbocycles. The number of carbonyl (C=O) groups is 1. The van der Waals surface area contributed by atoms with E-state index in [4.69, 9.17) is 4.74 Å². The Morgan fingerprint density at radius 1 is 1.08 bits per heavy atom. The molecule has 206 valence electrons. The second-order valence-corrected chi connectivity index (χ2v) is 13.2. The first kappa shape index (κ1) is 27.4. The smallest absolute Gasteiger partial charge is 0.268 e.